The first-order chi connectivity index (χ1) is 8.82. The molecule has 0 aliphatic carbocycles. The first-order valence-corrected chi connectivity index (χ1v) is 8.72. The van der Waals surface area contributed by atoms with Crippen LogP contribution in [0.5, 0.6) is 0 Å². The second-order valence-corrected chi connectivity index (χ2v) is 7.62. The fourth-order valence-electron chi connectivity index (χ4n) is 1.70. The topological polar surface area (TPSA) is 51.1 Å². The Bertz CT molecular complexity index is 471. The summed E-state index contributed by atoms with van der Waals surface area (Å²) in [5.41, 5.74) is 0.646. The lowest BCUT2D eigenvalue weighted by Gasteiger charge is -2.13. The molecule has 0 radical (unpaired) electrons. The third-order valence-electron chi connectivity index (χ3n) is 3.01. The summed E-state index contributed by atoms with van der Waals surface area (Å²) >= 11 is 3.39. The second-order valence-electron chi connectivity index (χ2n) is 4.90. The minimum Gasteiger partial charge on any atom is -0.351 e. The van der Waals surface area contributed by atoms with E-state index in [2.05, 4.69) is 21.2 Å². The summed E-state index contributed by atoms with van der Waals surface area (Å²) in [5, 5.41) is 2.98. The molecule has 0 fully saturated rings. The van der Waals surface area contributed by atoms with Crippen molar-refractivity contribution >= 4 is 32.6 Å². The Morgan fingerprint density at radius 2 is 2.11 bits per heavy atom. The number of hydrogen-bond acceptors (Lipinski definition) is 2. The van der Waals surface area contributed by atoms with Crippen LogP contribution < -0.4 is 5.32 Å². The van der Waals surface area contributed by atoms with Gasteiger partial charge < -0.3 is 9.88 Å². The highest BCUT2D eigenvalue weighted by Gasteiger charge is 2.15. The number of rotatable bonds is 6. The minimum absolute atomic E-state index is 0.0894. The van der Waals surface area contributed by atoms with Crippen LogP contribution in [0.1, 0.15) is 43.7 Å². The highest BCUT2D eigenvalue weighted by atomic mass is 79.9. The molecule has 1 aromatic rings. The number of carbonyl (C=O) groups is 1. The van der Waals surface area contributed by atoms with Gasteiger partial charge in [0.15, 0.2) is 0 Å². The highest BCUT2D eigenvalue weighted by molar-refractivity contribution is 9.10. The maximum atomic E-state index is 12.1. The van der Waals surface area contributed by atoms with Crippen LogP contribution in [-0.4, -0.2) is 32.7 Å². The normalized spacial score (nSPS) is 14.4. The molecular formula is C13H21BrN2O2S. The van der Waals surface area contributed by atoms with Crippen molar-refractivity contribution in [2.24, 2.45) is 0 Å². The number of halogens is 1. The molecule has 108 valence electrons. The van der Waals surface area contributed by atoms with E-state index >= 15 is 0 Å². The van der Waals surface area contributed by atoms with Gasteiger partial charge in [-0.2, -0.15) is 0 Å². The van der Waals surface area contributed by atoms with Gasteiger partial charge in [0.1, 0.15) is 5.69 Å². The second kappa shape index (κ2) is 7.24. The number of nitrogens with zero attached hydrogens (tertiary/aromatic N) is 1. The third-order valence-corrected chi connectivity index (χ3v) is 4.81. The first kappa shape index (κ1) is 16.4. The molecule has 0 aliphatic rings. The predicted octanol–water partition coefficient (Wildman–Crippen LogP) is 2.72. The van der Waals surface area contributed by atoms with Crippen LogP contribution in [0.25, 0.3) is 0 Å². The first-order valence-electron chi connectivity index (χ1n) is 6.30. The van der Waals surface area contributed by atoms with E-state index in [4.69, 9.17) is 0 Å². The van der Waals surface area contributed by atoms with Crippen LogP contribution in [0.4, 0.5) is 0 Å². The summed E-state index contributed by atoms with van der Waals surface area (Å²) in [7, 11) is -0.841. The largest absolute Gasteiger partial charge is 0.351 e. The molecule has 4 nitrogen and oxygen atoms in total. The quantitative estimate of drug-likeness (QED) is 0.859. The molecule has 0 aromatic carbocycles. The van der Waals surface area contributed by atoms with Crippen molar-refractivity contribution in [1.29, 1.82) is 0 Å². The Morgan fingerprint density at radius 1 is 1.47 bits per heavy atom. The Labute approximate surface area is 125 Å². The maximum absolute atomic E-state index is 12.1. The van der Waals surface area contributed by atoms with E-state index in [0.29, 0.717) is 12.2 Å². The lowest BCUT2D eigenvalue weighted by Crippen LogP contribution is -2.29. The molecule has 1 aromatic heterocycles. The van der Waals surface area contributed by atoms with Crippen molar-refractivity contribution in [2.75, 3.05) is 12.8 Å². The summed E-state index contributed by atoms with van der Waals surface area (Å²) in [5.74, 6) is -0.0894. The van der Waals surface area contributed by atoms with Crippen LogP contribution in [0.2, 0.25) is 0 Å². The molecule has 0 bridgehead atoms. The molecule has 1 amide bonds. The van der Waals surface area contributed by atoms with Crippen LogP contribution in [0.3, 0.4) is 0 Å². The van der Waals surface area contributed by atoms with Crippen LogP contribution in [-0.2, 0) is 10.8 Å². The van der Waals surface area contributed by atoms with Gasteiger partial charge in [-0.3, -0.25) is 9.00 Å². The zero-order valence-corrected chi connectivity index (χ0v) is 14.2. The molecule has 1 heterocycles. The molecule has 0 aliphatic heterocycles. The van der Waals surface area contributed by atoms with Crippen molar-refractivity contribution in [2.45, 2.75) is 38.5 Å². The molecule has 1 N–H and O–H groups in total. The lowest BCUT2D eigenvalue weighted by molar-refractivity contribution is 0.0942. The van der Waals surface area contributed by atoms with Crippen molar-refractivity contribution in [1.82, 2.24) is 9.88 Å². The fraction of sp³-hybridized carbons (Fsp3) is 0.615. The van der Waals surface area contributed by atoms with Gasteiger partial charge in [-0.1, -0.05) is 6.92 Å². The third kappa shape index (κ3) is 4.76. The highest BCUT2D eigenvalue weighted by Crippen LogP contribution is 2.19. The van der Waals surface area contributed by atoms with Gasteiger partial charge in [0.2, 0.25) is 0 Å². The molecule has 2 atom stereocenters. The van der Waals surface area contributed by atoms with Gasteiger partial charge in [-0.05, 0) is 42.3 Å². The summed E-state index contributed by atoms with van der Waals surface area (Å²) in [6, 6.07) is 2.05. The SMILES string of the molecule is CC(C)n1cc(Br)cc1C(=O)NCCC(C)S(C)=O. The zero-order valence-electron chi connectivity index (χ0n) is 11.8. The van der Waals surface area contributed by atoms with Gasteiger partial charge in [-0.15, -0.1) is 0 Å². The molecule has 0 saturated heterocycles. The maximum Gasteiger partial charge on any atom is 0.267 e. The van der Waals surface area contributed by atoms with Crippen molar-refractivity contribution in [3.8, 4) is 0 Å². The Morgan fingerprint density at radius 3 is 2.63 bits per heavy atom. The van der Waals surface area contributed by atoms with Crippen LogP contribution in [0.15, 0.2) is 16.7 Å². The number of carbonyl (C=O) groups excluding carboxylic acids is 1. The summed E-state index contributed by atoms with van der Waals surface area (Å²) < 4.78 is 14.1. The predicted molar refractivity (Wildman–Crippen MR) is 83.0 cm³/mol. The standard InChI is InChI=1S/C13H21BrN2O2S/c1-9(2)16-8-11(14)7-12(16)13(17)15-6-5-10(3)19(4)18/h7-10H,5-6H2,1-4H3,(H,15,17). The van der Waals surface area contributed by atoms with E-state index in [-0.39, 0.29) is 17.2 Å². The number of hydrogen-bond donors (Lipinski definition) is 1. The number of amides is 1. The Balaban J connectivity index is 2.61. The van der Waals surface area contributed by atoms with E-state index in [0.717, 1.165) is 10.9 Å². The van der Waals surface area contributed by atoms with E-state index in [9.17, 15) is 9.00 Å². The molecule has 1 rings (SSSR count). The molecule has 0 saturated carbocycles. The van der Waals surface area contributed by atoms with Crippen molar-refractivity contribution in [3.05, 3.63) is 22.4 Å². The van der Waals surface area contributed by atoms with Gasteiger partial charge in [0, 0.05) is 45.6 Å². The Kier molecular flexibility index (Phi) is 6.26. The van der Waals surface area contributed by atoms with Crippen LogP contribution in [0, 0.1) is 0 Å². The lowest BCUT2D eigenvalue weighted by atomic mass is 10.3. The Hall–Kier alpha value is -0.620. The average Bonchev–Trinajstić information content (AvgIpc) is 2.71. The van der Waals surface area contributed by atoms with E-state index < -0.39 is 10.8 Å². The number of aromatic nitrogens is 1. The van der Waals surface area contributed by atoms with E-state index in [1.54, 1.807) is 6.26 Å². The van der Waals surface area contributed by atoms with E-state index in [1.165, 1.54) is 0 Å². The van der Waals surface area contributed by atoms with Crippen molar-refractivity contribution in [3.63, 3.8) is 0 Å². The number of nitrogens with one attached hydrogen (secondary N) is 1. The summed E-state index contributed by atoms with van der Waals surface area (Å²) in [4.78, 5) is 12.1. The smallest absolute Gasteiger partial charge is 0.267 e. The monoisotopic (exact) mass is 348 g/mol. The summed E-state index contributed by atoms with van der Waals surface area (Å²) in [6.45, 7) is 6.53. The van der Waals surface area contributed by atoms with Crippen molar-refractivity contribution < 1.29 is 9.00 Å². The molecule has 0 spiro atoms. The van der Waals surface area contributed by atoms with E-state index in [1.807, 2.05) is 37.6 Å². The van der Waals surface area contributed by atoms with Gasteiger partial charge in [0.05, 0.1) is 0 Å². The van der Waals surface area contributed by atoms with Crippen LogP contribution >= 0.6 is 15.9 Å². The average molecular weight is 349 g/mol. The van der Waals surface area contributed by atoms with Gasteiger partial charge in [-0.25, -0.2) is 0 Å². The molecule has 19 heavy (non-hydrogen) atoms. The molecular weight excluding hydrogens is 328 g/mol. The summed E-state index contributed by atoms with van der Waals surface area (Å²) in [6.07, 6.45) is 4.31. The zero-order chi connectivity index (χ0) is 14.6. The molecule has 2 unspecified atom stereocenters. The van der Waals surface area contributed by atoms with Gasteiger partial charge >= 0.3 is 0 Å². The molecule has 6 heteroatoms. The fourth-order valence-corrected chi connectivity index (χ4v) is 2.59. The van der Waals surface area contributed by atoms with Gasteiger partial charge in [0.25, 0.3) is 5.91 Å². The minimum atomic E-state index is -0.841.